The van der Waals surface area contributed by atoms with Crippen LogP contribution in [0.2, 0.25) is 0 Å². The van der Waals surface area contributed by atoms with Crippen LogP contribution in [0.1, 0.15) is 36.8 Å². The van der Waals surface area contributed by atoms with Crippen molar-refractivity contribution < 1.29 is 19.1 Å². The molecule has 1 atom stereocenters. The molecule has 140 valence electrons. The quantitative estimate of drug-likeness (QED) is 0.778. The number of carbonyl (C=O) groups excluding carboxylic acids is 2. The molecule has 2 heterocycles. The maximum Gasteiger partial charge on any atom is 0.310 e. The van der Waals surface area contributed by atoms with Gasteiger partial charge in [-0.2, -0.15) is 0 Å². The second-order valence-electron chi connectivity index (χ2n) is 6.99. The van der Waals surface area contributed by atoms with Crippen molar-refractivity contribution in [2.75, 3.05) is 19.7 Å². The third-order valence-electron chi connectivity index (χ3n) is 5.28. The monoisotopic (exact) mass is 365 g/mol. The Hall–Kier alpha value is -2.82. The second-order valence-corrected chi connectivity index (χ2v) is 6.99. The molecule has 5 heteroatoms. The SMILES string of the molecule is CCOC(=O)[C@@H]1CCCN(C(=O)C2c3ccccc3Oc3ccccc32)C1. The van der Waals surface area contributed by atoms with Gasteiger partial charge < -0.3 is 14.4 Å². The van der Waals surface area contributed by atoms with Gasteiger partial charge in [0.2, 0.25) is 5.91 Å². The Kier molecular flexibility index (Phi) is 4.84. The molecule has 5 nitrogen and oxygen atoms in total. The third-order valence-corrected chi connectivity index (χ3v) is 5.28. The largest absolute Gasteiger partial charge is 0.466 e. The zero-order valence-electron chi connectivity index (χ0n) is 15.4. The molecule has 1 amide bonds. The van der Waals surface area contributed by atoms with Crippen LogP contribution in [0.15, 0.2) is 48.5 Å². The van der Waals surface area contributed by atoms with Crippen LogP contribution in [-0.2, 0) is 14.3 Å². The van der Waals surface area contributed by atoms with E-state index in [1.807, 2.05) is 53.4 Å². The number of rotatable bonds is 3. The maximum atomic E-state index is 13.5. The Balaban J connectivity index is 1.65. The number of hydrogen-bond donors (Lipinski definition) is 0. The van der Waals surface area contributed by atoms with Gasteiger partial charge in [-0.1, -0.05) is 36.4 Å². The van der Waals surface area contributed by atoms with Crippen molar-refractivity contribution in [2.24, 2.45) is 5.92 Å². The fourth-order valence-electron chi connectivity index (χ4n) is 3.99. The van der Waals surface area contributed by atoms with E-state index in [0.717, 1.165) is 24.0 Å². The summed E-state index contributed by atoms with van der Waals surface area (Å²) in [6.07, 6.45) is 1.57. The first kappa shape index (κ1) is 17.6. The van der Waals surface area contributed by atoms with Crippen LogP contribution in [0.5, 0.6) is 11.5 Å². The number of hydrogen-bond acceptors (Lipinski definition) is 4. The summed E-state index contributed by atoms with van der Waals surface area (Å²) in [7, 11) is 0. The summed E-state index contributed by atoms with van der Waals surface area (Å²) in [5.41, 5.74) is 1.75. The van der Waals surface area contributed by atoms with Crippen LogP contribution in [0.25, 0.3) is 0 Å². The number of nitrogens with zero attached hydrogens (tertiary/aromatic N) is 1. The number of piperidine rings is 1. The van der Waals surface area contributed by atoms with E-state index in [0.29, 0.717) is 31.2 Å². The molecule has 2 aliphatic rings. The van der Waals surface area contributed by atoms with Crippen LogP contribution >= 0.6 is 0 Å². The van der Waals surface area contributed by atoms with Gasteiger partial charge in [-0.05, 0) is 31.9 Å². The van der Waals surface area contributed by atoms with Gasteiger partial charge in [0.15, 0.2) is 0 Å². The molecule has 0 spiro atoms. The van der Waals surface area contributed by atoms with Crippen molar-refractivity contribution in [3.05, 3.63) is 59.7 Å². The summed E-state index contributed by atoms with van der Waals surface area (Å²) in [5.74, 6) is 0.594. The highest BCUT2D eigenvalue weighted by atomic mass is 16.5. The number of fused-ring (bicyclic) bond motifs is 2. The Labute approximate surface area is 158 Å². The second kappa shape index (κ2) is 7.43. The molecule has 0 N–H and O–H groups in total. The van der Waals surface area contributed by atoms with Gasteiger partial charge in [0.1, 0.15) is 11.5 Å². The lowest BCUT2D eigenvalue weighted by Crippen LogP contribution is -2.45. The zero-order valence-corrected chi connectivity index (χ0v) is 15.4. The predicted molar refractivity (Wildman–Crippen MR) is 101 cm³/mol. The lowest BCUT2D eigenvalue weighted by Gasteiger charge is -2.36. The molecular formula is C22H23NO4. The van der Waals surface area contributed by atoms with Crippen LogP contribution in [0, 0.1) is 5.92 Å². The predicted octanol–water partition coefficient (Wildman–Crippen LogP) is 3.73. The molecule has 1 fully saturated rings. The summed E-state index contributed by atoms with van der Waals surface area (Å²) < 4.78 is 11.2. The Morgan fingerprint density at radius 2 is 1.70 bits per heavy atom. The van der Waals surface area contributed by atoms with Gasteiger partial charge in [-0.15, -0.1) is 0 Å². The van der Waals surface area contributed by atoms with E-state index in [1.54, 1.807) is 6.92 Å². The number of likely N-dealkylation sites (tertiary alicyclic amines) is 1. The highest BCUT2D eigenvalue weighted by Gasteiger charge is 2.37. The van der Waals surface area contributed by atoms with E-state index in [1.165, 1.54) is 0 Å². The van der Waals surface area contributed by atoms with Crippen LogP contribution in [-0.4, -0.2) is 36.5 Å². The number of amides is 1. The first-order chi connectivity index (χ1) is 13.2. The van der Waals surface area contributed by atoms with E-state index in [-0.39, 0.29) is 17.8 Å². The average molecular weight is 365 g/mol. The van der Waals surface area contributed by atoms with Crippen molar-refractivity contribution >= 4 is 11.9 Å². The minimum absolute atomic E-state index is 0.0206. The third kappa shape index (κ3) is 3.29. The molecule has 2 aliphatic heterocycles. The summed E-state index contributed by atoms with van der Waals surface area (Å²) in [4.78, 5) is 27.5. The zero-order chi connectivity index (χ0) is 18.8. The molecule has 0 radical (unpaired) electrons. The first-order valence-electron chi connectivity index (χ1n) is 9.50. The lowest BCUT2D eigenvalue weighted by molar-refractivity contribution is -0.151. The molecule has 2 aromatic carbocycles. The molecule has 0 saturated carbocycles. The molecule has 27 heavy (non-hydrogen) atoms. The highest BCUT2D eigenvalue weighted by molar-refractivity contribution is 5.90. The normalized spacial score (nSPS) is 18.9. The number of benzene rings is 2. The fraction of sp³-hybridized carbons (Fsp3) is 0.364. The van der Waals surface area contributed by atoms with Crippen molar-refractivity contribution in [1.82, 2.24) is 4.90 Å². The average Bonchev–Trinajstić information content (AvgIpc) is 2.71. The number of para-hydroxylation sites is 2. The first-order valence-corrected chi connectivity index (χ1v) is 9.50. The standard InChI is InChI=1S/C22H23NO4/c1-2-26-22(25)15-8-7-13-23(14-15)21(24)20-16-9-3-5-11-18(16)27-19-12-6-4-10-17(19)20/h3-6,9-12,15,20H,2,7-8,13-14H2,1H3/t15-/m1/s1. The summed E-state index contributed by atoms with van der Waals surface area (Å²) in [6, 6.07) is 15.3. The molecule has 0 aromatic heterocycles. The van der Waals surface area contributed by atoms with Gasteiger partial charge in [0, 0.05) is 24.2 Å². The smallest absolute Gasteiger partial charge is 0.310 e. The fourth-order valence-corrected chi connectivity index (χ4v) is 3.99. The maximum absolute atomic E-state index is 13.5. The Morgan fingerprint density at radius 3 is 2.33 bits per heavy atom. The van der Waals surface area contributed by atoms with Crippen molar-refractivity contribution in [3.8, 4) is 11.5 Å². The Bertz CT molecular complexity index is 817. The molecule has 2 aromatic rings. The molecule has 0 bridgehead atoms. The van der Waals surface area contributed by atoms with Gasteiger partial charge in [0.05, 0.1) is 18.4 Å². The van der Waals surface area contributed by atoms with E-state index in [2.05, 4.69) is 0 Å². The summed E-state index contributed by atoms with van der Waals surface area (Å²) >= 11 is 0. The minimum atomic E-state index is -0.410. The topological polar surface area (TPSA) is 55.8 Å². The molecule has 0 unspecified atom stereocenters. The molecular weight excluding hydrogens is 342 g/mol. The van der Waals surface area contributed by atoms with Gasteiger partial charge >= 0.3 is 5.97 Å². The molecule has 0 aliphatic carbocycles. The van der Waals surface area contributed by atoms with E-state index in [9.17, 15) is 9.59 Å². The molecule has 1 saturated heterocycles. The van der Waals surface area contributed by atoms with Crippen LogP contribution in [0.4, 0.5) is 0 Å². The number of ether oxygens (including phenoxy) is 2. The minimum Gasteiger partial charge on any atom is -0.466 e. The van der Waals surface area contributed by atoms with Crippen molar-refractivity contribution in [1.29, 1.82) is 0 Å². The molecule has 4 rings (SSSR count). The number of carbonyl (C=O) groups is 2. The van der Waals surface area contributed by atoms with E-state index < -0.39 is 5.92 Å². The lowest BCUT2D eigenvalue weighted by atomic mass is 9.86. The summed E-state index contributed by atoms with van der Waals surface area (Å²) in [6.45, 7) is 3.25. The Morgan fingerprint density at radius 1 is 1.07 bits per heavy atom. The van der Waals surface area contributed by atoms with Gasteiger partial charge in [-0.25, -0.2) is 0 Å². The van der Waals surface area contributed by atoms with Crippen molar-refractivity contribution in [3.63, 3.8) is 0 Å². The van der Waals surface area contributed by atoms with Crippen LogP contribution in [0.3, 0.4) is 0 Å². The van der Waals surface area contributed by atoms with Crippen molar-refractivity contribution in [2.45, 2.75) is 25.7 Å². The van der Waals surface area contributed by atoms with Gasteiger partial charge in [0.25, 0.3) is 0 Å². The summed E-state index contributed by atoms with van der Waals surface area (Å²) in [5, 5.41) is 0. The van der Waals surface area contributed by atoms with Crippen LogP contribution < -0.4 is 4.74 Å². The number of esters is 1. The van der Waals surface area contributed by atoms with Gasteiger partial charge in [-0.3, -0.25) is 9.59 Å². The van der Waals surface area contributed by atoms with E-state index in [4.69, 9.17) is 9.47 Å². The highest BCUT2D eigenvalue weighted by Crippen LogP contribution is 2.44. The van der Waals surface area contributed by atoms with E-state index >= 15 is 0 Å².